The van der Waals surface area contributed by atoms with Crippen molar-refractivity contribution in [3.63, 3.8) is 0 Å². The molecule has 0 aliphatic carbocycles. The molecule has 2 heterocycles. The molecule has 0 atom stereocenters. The molecule has 79 heavy (non-hydrogen) atoms. The summed E-state index contributed by atoms with van der Waals surface area (Å²) in [7, 11) is 0. The van der Waals surface area contributed by atoms with Crippen molar-refractivity contribution in [1.82, 2.24) is 9.55 Å². The van der Waals surface area contributed by atoms with Crippen molar-refractivity contribution in [3.8, 4) is 72.4 Å². The number of aromatic nitrogens is 2. The minimum Gasteiger partial charge on any atom is -0.355 e. The Hall–Kier alpha value is -7.34. The molecule has 0 amide bonds. The summed E-state index contributed by atoms with van der Waals surface area (Å²) in [6, 6.07) is 104. The Morgan fingerprint density at radius 3 is 0.886 bits per heavy atom. The van der Waals surface area contributed by atoms with Crippen molar-refractivity contribution in [2.75, 3.05) is 4.93 Å². The number of benzene rings is 12. The third kappa shape index (κ3) is 12.3. The van der Waals surface area contributed by atoms with E-state index < -0.39 is 0 Å². The van der Waals surface area contributed by atoms with Gasteiger partial charge in [-0.3, -0.25) is 0 Å². The quantitative estimate of drug-likeness (QED) is 0.121. The van der Waals surface area contributed by atoms with Gasteiger partial charge in [0.25, 0.3) is 0 Å². The largest absolute Gasteiger partial charge is 0.355 e. The van der Waals surface area contributed by atoms with E-state index in [-0.39, 0.29) is 0 Å². The maximum Gasteiger partial charge on any atom is 0.0541 e. The number of aromatic amines is 1. The van der Waals surface area contributed by atoms with Crippen molar-refractivity contribution < 1.29 is 0 Å². The molecule has 0 fully saturated rings. The van der Waals surface area contributed by atoms with Crippen LogP contribution in [0.3, 0.4) is 0 Å². The summed E-state index contributed by atoms with van der Waals surface area (Å²) in [6.07, 6.45) is 0. The summed E-state index contributed by atoms with van der Waals surface area (Å²) in [5.41, 5.74) is 20.8. The second-order valence-corrected chi connectivity index (χ2v) is 22.1. The summed E-state index contributed by atoms with van der Waals surface area (Å²) in [4.78, 5) is 5.51. The zero-order valence-electron chi connectivity index (χ0n) is 43.2. The van der Waals surface area contributed by atoms with Crippen LogP contribution in [0.5, 0.6) is 0 Å². The number of hydrogen-bond donors (Lipinski definition) is 1. The van der Waals surface area contributed by atoms with Gasteiger partial charge in [-0.15, -0.1) is 0 Å². The summed E-state index contributed by atoms with van der Waals surface area (Å²) in [5, 5.41) is 5.07. The maximum absolute atomic E-state index is 3.54. The third-order valence-corrected chi connectivity index (χ3v) is 15.9. The number of nitrogens with one attached hydrogen (secondary N) is 1. The fourth-order valence-corrected chi connectivity index (χ4v) is 11.1. The first-order chi connectivity index (χ1) is 38.9. The van der Waals surface area contributed by atoms with Crippen LogP contribution in [0.1, 0.15) is 0 Å². The highest BCUT2D eigenvalue weighted by atomic mass is 127. The van der Waals surface area contributed by atoms with Crippen LogP contribution in [0.15, 0.2) is 300 Å². The normalized spacial score (nSPS) is 10.8. The molecule has 14 rings (SSSR count). The highest BCUT2D eigenvalue weighted by Gasteiger charge is 2.15. The molecule has 6 heteroatoms. The van der Waals surface area contributed by atoms with Gasteiger partial charge in [-0.1, -0.05) is 249 Å². The molecule has 0 saturated carbocycles. The average molecular weight is 1370 g/mol. The van der Waals surface area contributed by atoms with Crippen molar-refractivity contribution in [3.05, 3.63) is 304 Å². The minimum atomic E-state index is 1.09. The van der Waals surface area contributed by atoms with Gasteiger partial charge in [-0.05, 0) is 191 Å². The van der Waals surface area contributed by atoms with E-state index in [2.05, 4.69) is 378 Å². The summed E-state index contributed by atoms with van der Waals surface area (Å²) in [6.45, 7) is 0. The molecule has 0 aliphatic rings. The van der Waals surface area contributed by atoms with Gasteiger partial charge in [0.05, 0.1) is 11.0 Å². The second-order valence-electron chi connectivity index (χ2n) is 19.0. The lowest BCUT2D eigenvalue weighted by Gasteiger charge is -2.10. The van der Waals surface area contributed by atoms with Gasteiger partial charge in [-0.25, -0.2) is 0 Å². The van der Waals surface area contributed by atoms with Gasteiger partial charge in [0.1, 0.15) is 0 Å². The molecule has 0 spiro atoms. The summed E-state index contributed by atoms with van der Waals surface area (Å²) < 4.78 is 5.86. The molecule has 0 radical (unpaired) electrons. The highest BCUT2D eigenvalue weighted by Crippen LogP contribution is 2.38. The molecular formula is C73H52Br2I2N2. The van der Waals surface area contributed by atoms with Crippen molar-refractivity contribution in [1.29, 1.82) is 0 Å². The van der Waals surface area contributed by atoms with E-state index in [4.69, 9.17) is 0 Å². The number of nitrogens with zero attached hydrogens (tertiary/aromatic N) is 1. The fourth-order valence-electron chi connectivity index (χ4n) is 10.2. The number of H-pyrrole nitrogens is 1. The van der Waals surface area contributed by atoms with Crippen LogP contribution in [-0.2, 0) is 0 Å². The van der Waals surface area contributed by atoms with Crippen molar-refractivity contribution in [2.45, 2.75) is 0 Å². The van der Waals surface area contributed by atoms with Gasteiger partial charge in [0.15, 0.2) is 0 Å². The molecule has 0 unspecified atom stereocenters. The molecule has 0 bridgehead atoms. The molecule has 382 valence electrons. The Balaban J connectivity index is 0.000000138. The fraction of sp³-hybridized carbons (Fsp3) is 0.0137. The van der Waals surface area contributed by atoms with E-state index in [0.29, 0.717) is 0 Å². The van der Waals surface area contributed by atoms with E-state index in [1.54, 1.807) is 0 Å². The SMILES string of the molecule is Brc1ccc(-c2ccc(-n3c4ccc(-c5ccccc5)cc4c4cc(-c5ccccc5)ccc43)cc2)cc1.Brc1ccc(-c2ccc(I)cc2)cc1.CI.c1ccc(-c2ccc3[nH]c4ccc(-c5ccccc5)cc4c3c2)cc1. The number of fused-ring (bicyclic) bond motifs is 6. The van der Waals surface area contributed by atoms with Crippen LogP contribution >= 0.6 is 77.0 Å². The first-order valence-electron chi connectivity index (χ1n) is 26.0. The lowest BCUT2D eigenvalue weighted by Crippen LogP contribution is -1.94. The topological polar surface area (TPSA) is 20.7 Å². The molecular weight excluding hydrogens is 1320 g/mol. The molecule has 2 aromatic heterocycles. The van der Waals surface area contributed by atoms with Crippen LogP contribution < -0.4 is 0 Å². The number of rotatable bonds is 7. The Kier molecular flexibility index (Phi) is 17.1. The first kappa shape index (κ1) is 53.7. The van der Waals surface area contributed by atoms with Crippen LogP contribution in [0, 0.1) is 3.57 Å². The number of halogens is 4. The summed E-state index contributed by atoms with van der Waals surface area (Å²) in [5.74, 6) is 0. The van der Waals surface area contributed by atoms with Crippen LogP contribution in [0.25, 0.3) is 116 Å². The molecule has 12 aromatic carbocycles. The predicted octanol–water partition coefficient (Wildman–Crippen LogP) is 23.0. The predicted molar refractivity (Wildman–Crippen MR) is 364 cm³/mol. The third-order valence-electron chi connectivity index (χ3n) is 14.1. The zero-order valence-corrected chi connectivity index (χ0v) is 50.7. The van der Waals surface area contributed by atoms with Crippen LogP contribution in [0.2, 0.25) is 0 Å². The Bertz CT molecular complexity index is 4060. The number of alkyl halides is 1. The Morgan fingerprint density at radius 1 is 0.278 bits per heavy atom. The van der Waals surface area contributed by atoms with Gasteiger partial charge in [0, 0.05) is 50.8 Å². The van der Waals surface area contributed by atoms with Gasteiger partial charge in [0.2, 0.25) is 0 Å². The van der Waals surface area contributed by atoms with Crippen molar-refractivity contribution >= 4 is 121 Å². The monoisotopic (exact) mass is 1370 g/mol. The lowest BCUT2D eigenvalue weighted by molar-refractivity contribution is 1.18. The van der Waals surface area contributed by atoms with Gasteiger partial charge < -0.3 is 9.55 Å². The van der Waals surface area contributed by atoms with Crippen LogP contribution in [0.4, 0.5) is 0 Å². The maximum atomic E-state index is 3.54. The first-order valence-corrected chi connectivity index (χ1v) is 30.8. The van der Waals surface area contributed by atoms with E-state index in [1.165, 1.54) is 114 Å². The molecule has 0 aliphatic heterocycles. The van der Waals surface area contributed by atoms with Crippen LogP contribution in [-0.4, -0.2) is 14.5 Å². The van der Waals surface area contributed by atoms with E-state index >= 15 is 0 Å². The molecule has 1 N–H and O–H groups in total. The summed E-state index contributed by atoms with van der Waals surface area (Å²) >= 11 is 11.4. The van der Waals surface area contributed by atoms with Crippen molar-refractivity contribution in [2.24, 2.45) is 0 Å². The number of hydrogen-bond acceptors (Lipinski definition) is 0. The zero-order chi connectivity index (χ0) is 54.1. The van der Waals surface area contributed by atoms with Gasteiger partial charge in [-0.2, -0.15) is 0 Å². The Morgan fingerprint density at radius 2 is 0.544 bits per heavy atom. The standard InChI is InChI=1S/C36H24BrN.C24H17N.C12H8BrI.CH3I/c37-31-17-11-27(12-18-31)28-13-19-32(20-14-28)38-35-21-15-29(25-7-3-1-4-8-25)23-33(35)34-24-30(16-22-36(34)38)26-9-5-2-6-10-26;1-3-7-17(8-4-1)19-11-13-23-21(15-19)22-16-20(12-14-24(22)25-23)18-9-5-2-6-10-18;13-11-5-1-9(2-6-11)10-3-7-12(14)8-4-10;1-2/h1-24H;1-16,25H;1-8H;1H3. The smallest absolute Gasteiger partial charge is 0.0541 e. The lowest BCUT2D eigenvalue weighted by atomic mass is 10.0. The second kappa shape index (κ2) is 25.2. The average Bonchev–Trinajstić information content (AvgIpc) is 4.24. The van der Waals surface area contributed by atoms with Gasteiger partial charge >= 0.3 is 0 Å². The van der Waals surface area contributed by atoms with E-state index in [1.807, 2.05) is 4.93 Å². The molecule has 2 nitrogen and oxygen atoms in total. The van der Waals surface area contributed by atoms with E-state index in [0.717, 1.165) is 14.6 Å². The Labute approximate surface area is 506 Å². The molecule has 14 aromatic rings. The van der Waals surface area contributed by atoms with E-state index in [9.17, 15) is 0 Å². The molecule has 0 saturated heterocycles. The minimum absolute atomic E-state index is 1.09. The highest BCUT2D eigenvalue weighted by molar-refractivity contribution is 14.1.